The molecule has 0 saturated carbocycles. The Hall–Kier alpha value is -3.47. The molecule has 1 N–H and O–H groups in total. The summed E-state index contributed by atoms with van der Waals surface area (Å²) in [5.74, 6) is -0.306. The zero-order chi connectivity index (χ0) is 23.3. The van der Waals surface area contributed by atoms with Gasteiger partial charge < -0.3 is 10.2 Å². The van der Waals surface area contributed by atoms with Crippen molar-refractivity contribution in [3.63, 3.8) is 0 Å². The Bertz CT molecular complexity index is 1130. The van der Waals surface area contributed by atoms with Crippen molar-refractivity contribution in [1.82, 2.24) is 10.2 Å². The van der Waals surface area contributed by atoms with E-state index in [2.05, 4.69) is 5.32 Å². The number of hydrogen-bond acceptors (Lipinski definition) is 2. The smallest absolute Gasteiger partial charge is 0.228 e. The molecule has 0 aromatic heterocycles. The third kappa shape index (κ3) is 4.98. The second-order valence-corrected chi connectivity index (χ2v) is 8.72. The van der Waals surface area contributed by atoms with Crippen molar-refractivity contribution in [2.45, 2.75) is 25.7 Å². The van der Waals surface area contributed by atoms with Gasteiger partial charge in [0, 0.05) is 32.1 Å². The molecule has 0 aliphatic carbocycles. The van der Waals surface area contributed by atoms with Gasteiger partial charge in [0.25, 0.3) is 0 Å². The van der Waals surface area contributed by atoms with E-state index in [1.807, 2.05) is 65.6 Å². The normalized spacial score (nSPS) is 17.7. The first kappa shape index (κ1) is 22.7. The van der Waals surface area contributed by atoms with E-state index in [-0.39, 0.29) is 17.6 Å². The summed E-state index contributed by atoms with van der Waals surface area (Å²) in [6.45, 7) is 0.912. The molecule has 2 amide bonds. The Morgan fingerprint density at radius 2 is 1.61 bits per heavy atom. The van der Waals surface area contributed by atoms with Crippen LogP contribution in [0.2, 0.25) is 0 Å². The van der Waals surface area contributed by atoms with Crippen LogP contribution in [0.15, 0.2) is 78.9 Å². The van der Waals surface area contributed by atoms with Gasteiger partial charge in [0.15, 0.2) is 0 Å². The molecule has 3 aromatic carbocycles. The van der Waals surface area contributed by atoms with Gasteiger partial charge in [-0.15, -0.1) is 0 Å². The summed E-state index contributed by atoms with van der Waals surface area (Å²) < 4.78 is 14.5. The minimum atomic E-state index is -0.738. The van der Waals surface area contributed by atoms with Crippen LogP contribution >= 0.6 is 0 Å². The predicted octanol–water partition coefficient (Wildman–Crippen LogP) is 4.63. The number of aryl methyl sites for hydroxylation is 1. The Balaban J connectivity index is 1.55. The zero-order valence-electron chi connectivity index (χ0n) is 18.9. The molecule has 0 bridgehead atoms. The summed E-state index contributed by atoms with van der Waals surface area (Å²) in [5.41, 5.74) is 2.60. The number of amides is 2. The molecular formula is C28H29FN2O2. The molecule has 3 aromatic rings. The minimum absolute atomic E-state index is 0.0621. The fraction of sp³-hybridized carbons (Fsp3) is 0.286. The molecule has 5 heteroatoms. The molecule has 1 saturated heterocycles. The van der Waals surface area contributed by atoms with Crippen LogP contribution in [-0.2, 0) is 22.4 Å². The SMILES string of the molecule is CNC(=O)[C@@]1(Cc2ccccc2-c2ccccc2F)CCN(C(=O)CCc2ccccc2)C1. The van der Waals surface area contributed by atoms with Crippen molar-refractivity contribution >= 4 is 11.8 Å². The van der Waals surface area contributed by atoms with Crippen LogP contribution in [0.1, 0.15) is 24.0 Å². The van der Waals surface area contributed by atoms with Crippen molar-refractivity contribution in [3.8, 4) is 11.1 Å². The van der Waals surface area contributed by atoms with Crippen LogP contribution in [0.25, 0.3) is 11.1 Å². The Kier molecular flexibility index (Phi) is 6.87. The molecule has 4 nitrogen and oxygen atoms in total. The van der Waals surface area contributed by atoms with Gasteiger partial charge in [-0.2, -0.15) is 0 Å². The highest BCUT2D eigenvalue weighted by atomic mass is 19.1. The molecule has 170 valence electrons. The lowest BCUT2D eigenvalue weighted by Gasteiger charge is -2.29. The fourth-order valence-electron chi connectivity index (χ4n) is 4.80. The van der Waals surface area contributed by atoms with Crippen LogP contribution < -0.4 is 5.32 Å². The lowest BCUT2D eigenvalue weighted by Crippen LogP contribution is -2.44. The van der Waals surface area contributed by atoms with E-state index in [0.717, 1.165) is 16.7 Å². The number of hydrogen-bond donors (Lipinski definition) is 1. The maximum absolute atomic E-state index is 14.5. The van der Waals surface area contributed by atoms with Crippen molar-refractivity contribution < 1.29 is 14.0 Å². The number of carbonyl (C=O) groups is 2. The first-order chi connectivity index (χ1) is 16.0. The number of rotatable bonds is 7. The Labute approximate surface area is 194 Å². The fourth-order valence-corrected chi connectivity index (χ4v) is 4.80. The van der Waals surface area contributed by atoms with E-state index >= 15 is 0 Å². The first-order valence-corrected chi connectivity index (χ1v) is 11.4. The molecule has 4 rings (SSSR count). The number of nitrogens with zero attached hydrogens (tertiary/aromatic N) is 1. The lowest BCUT2D eigenvalue weighted by molar-refractivity contribution is -0.133. The standard InChI is InChI=1S/C28H29FN2O2/c1-30-27(33)28(17-18-31(20-28)26(32)16-15-21-9-3-2-4-10-21)19-22-11-5-6-12-23(22)24-13-7-8-14-25(24)29/h2-14H,15-20H2,1H3,(H,30,33)/t28-/m1/s1. The highest BCUT2D eigenvalue weighted by molar-refractivity contribution is 5.86. The summed E-state index contributed by atoms with van der Waals surface area (Å²) in [6.07, 6.45) is 2.12. The molecule has 1 atom stereocenters. The van der Waals surface area contributed by atoms with E-state index < -0.39 is 5.41 Å². The Morgan fingerprint density at radius 3 is 2.33 bits per heavy atom. The van der Waals surface area contributed by atoms with E-state index in [1.165, 1.54) is 6.07 Å². The average molecular weight is 445 g/mol. The topological polar surface area (TPSA) is 49.4 Å². The maximum atomic E-state index is 14.5. The van der Waals surface area contributed by atoms with Crippen molar-refractivity contribution in [3.05, 3.63) is 95.8 Å². The molecule has 33 heavy (non-hydrogen) atoms. The van der Waals surface area contributed by atoms with Gasteiger partial charge in [0.1, 0.15) is 5.82 Å². The summed E-state index contributed by atoms with van der Waals surface area (Å²) in [4.78, 5) is 27.8. The van der Waals surface area contributed by atoms with Gasteiger partial charge >= 0.3 is 0 Å². The van der Waals surface area contributed by atoms with Gasteiger partial charge in [-0.3, -0.25) is 9.59 Å². The number of carbonyl (C=O) groups excluding carboxylic acids is 2. The van der Waals surface area contributed by atoms with E-state index in [0.29, 0.717) is 44.3 Å². The van der Waals surface area contributed by atoms with Gasteiger partial charge in [0.2, 0.25) is 11.8 Å². The van der Waals surface area contributed by atoms with Crippen LogP contribution in [0, 0.1) is 11.2 Å². The van der Waals surface area contributed by atoms with E-state index in [9.17, 15) is 14.0 Å². The van der Waals surface area contributed by atoms with Gasteiger partial charge in [-0.25, -0.2) is 4.39 Å². The van der Waals surface area contributed by atoms with Gasteiger partial charge in [-0.05, 0) is 42.0 Å². The number of benzene rings is 3. The third-order valence-electron chi connectivity index (χ3n) is 6.60. The highest BCUT2D eigenvalue weighted by Crippen LogP contribution is 2.38. The molecule has 0 radical (unpaired) electrons. The first-order valence-electron chi connectivity index (χ1n) is 11.4. The van der Waals surface area contributed by atoms with Crippen molar-refractivity contribution in [1.29, 1.82) is 0 Å². The highest BCUT2D eigenvalue weighted by Gasteiger charge is 2.45. The molecule has 1 aliphatic rings. The Morgan fingerprint density at radius 1 is 0.939 bits per heavy atom. The van der Waals surface area contributed by atoms with Crippen LogP contribution in [0.5, 0.6) is 0 Å². The summed E-state index contributed by atoms with van der Waals surface area (Å²) in [6, 6.07) is 24.3. The van der Waals surface area contributed by atoms with Crippen LogP contribution in [0.4, 0.5) is 4.39 Å². The lowest BCUT2D eigenvalue weighted by atomic mass is 9.78. The third-order valence-corrected chi connectivity index (χ3v) is 6.60. The van der Waals surface area contributed by atoms with E-state index in [1.54, 1.807) is 19.2 Å². The summed E-state index contributed by atoms with van der Waals surface area (Å²) >= 11 is 0. The molecular weight excluding hydrogens is 415 g/mol. The monoisotopic (exact) mass is 444 g/mol. The molecule has 1 heterocycles. The summed E-state index contributed by atoms with van der Waals surface area (Å²) in [5, 5.41) is 2.80. The molecule has 0 unspecified atom stereocenters. The maximum Gasteiger partial charge on any atom is 0.228 e. The van der Waals surface area contributed by atoms with Crippen molar-refractivity contribution in [2.75, 3.05) is 20.1 Å². The number of likely N-dealkylation sites (tertiary alicyclic amines) is 1. The zero-order valence-corrected chi connectivity index (χ0v) is 18.9. The average Bonchev–Trinajstić information content (AvgIpc) is 3.29. The quantitative estimate of drug-likeness (QED) is 0.578. The minimum Gasteiger partial charge on any atom is -0.359 e. The largest absolute Gasteiger partial charge is 0.359 e. The number of halogens is 1. The van der Waals surface area contributed by atoms with Crippen molar-refractivity contribution in [2.24, 2.45) is 5.41 Å². The second kappa shape index (κ2) is 9.99. The molecule has 1 aliphatic heterocycles. The molecule has 1 fully saturated rings. The second-order valence-electron chi connectivity index (χ2n) is 8.72. The number of nitrogens with one attached hydrogen (secondary N) is 1. The molecule has 0 spiro atoms. The van der Waals surface area contributed by atoms with E-state index in [4.69, 9.17) is 0 Å². The van der Waals surface area contributed by atoms with Crippen LogP contribution in [0.3, 0.4) is 0 Å². The predicted molar refractivity (Wildman–Crippen MR) is 128 cm³/mol. The van der Waals surface area contributed by atoms with Crippen LogP contribution in [-0.4, -0.2) is 36.9 Å². The summed E-state index contributed by atoms with van der Waals surface area (Å²) in [7, 11) is 1.63. The van der Waals surface area contributed by atoms with Gasteiger partial charge in [0.05, 0.1) is 5.41 Å². The van der Waals surface area contributed by atoms with Gasteiger partial charge in [-0.1, -0.05) is 72.8 Å².